The van der Waals surface area contributed by atoms with Crippen molar-refractivity contribution in [2.75, 3.05) is 37.9 Å². The molecule has 0 bridgehead atoms. The lowest BCUT2D eigenvalue weighted by molar-refractivity contribution is 0.135. The van der Waals surface area contributed by atoms with Gasteiger partial charge in [0.1, 0.15) is 5.75 Å². The molecule has 2 heterocycles. The van der Waals surface area contributed by atoms with Gasteiger partial charge in [-0.05, 0) is 37.5 Å². The number of aromatic nitrogens is 1. The summed E-state index contributed by atoms with van der Waals surface area (Å²) in [6.07, 6.45) is 6.59. The summed E-state index contributed by atoms with van der Waals surface area (Å²) in [7, 11) is -1.27. The van der Waals surface area contributed by atoms with E-state index in [0.717, 1.165) is 54.6 Å². The van der Waals surface area contributed by atoms with Gasteiger partial charge in [-0.15, -0.1) is 0 Å². The Hall–Kier alpha value is -1.86. The summed E-state index contributed by atoms with van der Waals surface area (Å²) >= 11 is 0. The van der Waals surface area contributed by atoms with Gasteiger partial charge in [-0.25, -0.2) is 8.42 Å². The van der Waals surface area contributed by atoms with Gasteiger partial charge in [-0.2, -0.15) is 0 Å². The third kappa shape index (κ3) is 5.14. The summed E-state index contributed by atoms with van der Waals surface area (Å²) in [6, 6.07) is 6.01. The lowest BCUT2D eigenvalue weighted by Crippen LogP contribution is -2.35. The van der Waals surface area contributed by atoms with E-state index in [1.165, 1.54) is 5.56 Å². The molecule has 1 aromatic heterocycles. The predicted molar refractivity (Wildman–Crippen MR) is 113 cm³/mol. The van der Waals surface area contributed by atoms with Crippen molar-refractivity contribution in [1.29, 1.82) is 0 Å². The van der Waals surface area contributed by atoms with Crippen LogP contribution in [-0.2, 0) is 14.6 Å². The van der Waals surface area contributed by atoms with Gasteiger partial charge in [0.05, 0.1) is 42.5 Å². The van der Waals surface area contributed by atoms with Crippen molar-refractivity contribution >= 4 is 26.4 Å². The van der Waals surface area contributed by atoms with E-state index in [-0.39, 0.29) is 11.0 Å². The summed E-state index contributed by atoms with van der Waals surface area (Å²) in [5.74, 6) is 0.992. The minimum absolute atomic E-state index is 0.170. The smallest absolute Gasteiger partial charge is 0.157 e. The maximum atomic E-state index is 12.0. The van der Waals surface area contributed by atoms with E-state index in [0.29, 0.717) is 19.6 Å². The zero-order chi connectivity index (χ0) is 20.0. The monoisotopic (exact) mass is 406 g/mol. The molecule has 0 aliphatic carbocycles. The number of rotatable bonds is 9. The number of ether oxygens (including phenoxy) is 2. The van der Waals surface area contributed by atoms with Crippen LogP contribution < -0.4 is 10.1 Å². The van der Waals surface area contributed by atoms with Gasteiger partial charge in [-0.3, -0.25) is 4.98 Å². The molecule has 0 radical (unpaired) electrons. The Kier molecular flexibility index (Phi) is 7.13. The molecule has 28 heavy (non-hydrogen) atoms. The average molecular weight is 407 g/mol. The molecule has 1 saturated heterocycles. The number of pyridine rings is 1. The highest BCUT2D eigenvalue weighted by molar-refractivity contribution is 7.92. The van der Waals surface area contributed by atoms with Crippen LogP contribution >= 0.6 is 0 Å². The number of aryl methyl sites for hydroxylation is 1. The molecule has 0 amide bonds. The third-order valence-corrected chi connectivity index (χ3v) is 7.49. The summed E-state index contributed by atoms with van der Waals surface area (Å²) in [5, 5.41) is 4.27. The van der Waals surface area contributed by atoms with Crippen LogP contribution in [0.3, 0.4) is 0 Å². The first-order chi connectivity index (χ1) is 13.5. The predicted octanol–water partition coefficient (Wildman–Crippen LogP) is 3.73. The second-order valence-electron chi connectivity index (χ2n) is 7.39. The van der Waals surface area contributed by atoms with Crippen molar-refractivity contribution in [1.82, 2.24) is 4.98 Å². The number of anilines is 1. The van der Waals surface area contributed by atoms with E-state index >= 15 is 0 Å². The lowest BCUT2D eigenvalue weighted by Gasteiger charge is -2.22. The number of nitrogens with one attached hydrogen (secondary N) is 1. The molecule has 1 N–H and O–H groups in total. The number of hydrogen-bond donors (Lipinski definition) is 1. The van der Waals surface area contributed by atoms with Crippen LogP contribution in [0.1, 0.15) is 37.7 Å². The number of hydrogen-bond acceptors (Lipinski definition) is 6. The number of unbranched alkanes of at least 4 members (excludes halogenated alkanes) is 3. The Labute approximate surface area is 167 Å². The van der Waals surface area contributed by atoms with E-state index < -0.39 is 9.84 Å². The summed E-state index contributed by atoms with van der Waals surface area (Å²) in [4.78, 5) is 4.52. The minimum atomic E-state index is -2.94. The number of methoxy groups -OCH3 is 1. The molecule has 1 aromatic carbocycles. The molecule has 1 unspecified atom stereocenters. The molecule has 0 spiro atoms. The number of benzene rings is 1. The summed E-state index contributed by atoms with van der Waals surface area (Å²) < 4.78 is 34.7. The fourth-order valence-electron chi connectivity index (χ4n) is 3.61. The second kappa shape index (κ2) is 9.56. The molecule has 7 heteroatoms. The van der Waals surface area contributed by atoms with Crippen LogP contribution in [0.2, 0.25) is 0 Å². The normalized spacial score (nSPS) is 18.9. The van der Waals surface area contributed by atoms with Gasteiger partial charge < -0.3 is 14.8 Å². The first-order valence-electron chi connectivity index (χ1n) is 9.98. The molecule has 154 valence electrons. The van der Waals surface area contributed by atoms with Crippen LogP contribution in [0.4, 0.5) is 5.69 Å². The fraction of sp³-hybridized carbons (Fsp3) is 0.571. The first-order valence-corrected chi connectivity index (χ1v) is 11.7. The molecule has 1 atom stereocenters. The minimum Gasteiger partial charge on any atom is -0.497 e. The SMILES string of the molecule is COc1cc(NCCCCCCC2COCCS2(=O)=O)c2nccc(C)c2c1. The Morgan fingerprint density at radius 1 is 1.25 bits per heavy atom. The van der Waals surface area contributed by atoms with Crippen molar-refractivity contribution in [3.8, 4) is 5.75 Å². The number of fused-ring (bicyclic) bond motifs is 1. The van der Waals surface area contributed by atoms with Crippen LogP contribution in [0.25, 0.3) is 10.9 Å². The summed E-state index contributed by atoms with van der Waals surface area (Å²) in [6.45, 7) is 3.63. The zero-order valence-corrected chi connectivity index (χ0v) is 17.6. The highest BCUT2D eigenvalue weighted by Gasteiger charge is 2.28. The Morgan fingerprint density at radius 3 is 2.86 bits per heavy atom. The van der Waals surface area contributed by atoms with Crippen molar-refractivity contribution in [3.63, 3.8) is 0 Å². The quantitative estimate of drug-likeness (QED) is 0.640. The van der Waals surface area contributed by atoms with Crippen LogP contribution in [-0.4, -0.2) is 51.3 Å². The number of sulfone groups is 1. The largest absolute Gasteiger partial charge is 0.497 e. The highest BCUT2D eigenvalue weighted by atomic mass is 32.2. The van der Waals surface area contributed by atoms with Crippen molar-refractivity contribution in [2.24, 2.45) is 0 Å². The molecular weight excluding hydrogens is 376 g/mol. The van der Waals surface area contributed by atoms with Crippen LogP contribution in [0.5, 0.6) is 5.75 Å². The Balaban J connectivity index is 1.45. The van der Waals surface area contributed by atoms with Crippen LogP contribution in [0.15, 0.2) is 24.4 Å². The van der Waals surface area contributed by atoms with E-state index in [1.54, 1.807) is 7.11 Å². The van der Waals surface area contributed by atoms with E-state index in [4.69, 9.17) is 9.47 Å². The zero-order valence-electron chi connectivity index (χ0n) is 16.7. The van der Waals surface area contributed by atoms with Gasteiger partial charge in [0.15, 0.2) is 9.84 Å². The maximum Gasteiger partial charge on any atom is 0.157 e. The first kappa shape index (κ1) is 20.9. The van der Waals surface area contributed by atoms with Crippen LogP contribution in [0, 0.1) is 6.92 Å². The molecule has 2 aromatic rings. The van der Waals surface area contributed by atoms with E-state index in [1.807, 2.05) is 24.4 Å². The van der Waals surface area contributed by atoms with Gasteiger partial charge in [-0.1, -0.05) is 19.3 Å². The van der Waals surface area contributed by atoms with Crippen molar-refractivity contribution in [2.45, 2.75) is 44.3 Å². The average Bonchev–Trinajstić information content (AvgIpc) is 2.68. The molecule has 1 aliphatic heterocycles. The fourth-order valence-corrected chi connectivity index (χ4v) is 5.12. The van der Waals surface area contributed by atoms with Gasteiger partial charge in [0, 0.05) is 24.2 Å². The molecular formula is C21H30N2O4S. The highest BCUT2D eigenvalue weighted by Crippen LogP contribution is 2.29. The molecule has 3 rings (SSSR count). The standard InChI is InChI=1S/C21H30N2O4S/c1-16-8-10-23-21-19(16)13-17(26-2)14-20(21)22-9-6-4-3-5-7-18-15-27-11-12-28(18,24)25/h8,10,13-14,18,22H,3-7,9,11-12,15H2,1-2H3. The third-order valence-electron chi connectivity index (χ3n) is 5.36. The lowest BCUT2D eigenvalue weighted by atomic mass is 10.1. The molecule has 0 saturated carbocycles. The van der Waals surface area contributed by atoms with Gasteiger partial charge in [0.25, 0.3) is 0 Å². The van der Waals surface area contributed by atoms with E-state index in [9.17, 15) is 8.42 Å². The van der Waals surface area contributed by atoms with Gasteiger partial charge >= 0.3 is 0 Å². The second-order valence-corrected chi connectivity index (χ2v) is 9.79. The molecule has 1 fully saturated rings. The number of nitrogens with zero attached hydrogens (tertiary/aromatic N) is 1. The van der Waals surface area contributed by atoms with Gasteiger partial charge in [0.2, 0.25) is 0 Å². The van der Waals surface area contributed by atoms with Crippen molar-refractivity contribution in [3.05, 3.63) is 30.0 Å². The topological polar surface area (TPSA) is 77.5 Å². The van der Waals surface area contributed by atoms with Crippen molar-refractivity contribution < 1.29 is 17.9 Å². The van der Waals surface area contributed by atoms with E-state index in [2.05, 4.69) is 17.2 Å². The maximum absolute atomic E-state index is 12.0. The molecule has 1 aliphatic rings. The summed E-state index contributed by atoms with van der Waals surface area (Å²) in [5.41, 5.74) is 3.13. The Morgan fingerprint density at radius 2 is 2.07 bits per heavy atom. The Bertz CT molecular complexity index is 899. The molecule has 6 nitrogen and oxygen atoms in total.